The lowest BCUT2D eigenvalue weighted by Crippen LogP contribution is -2.36. The van der Waals surface area contributed by atoms with Crippen LogP contribution in [0.5, 0.6) is 0 Å². The number of carbonyl (C=O) groups excluding carboxylic acids is 1. The average molecular weight is 228 g/mol. The summed E-state index contributed by atoms with van der Waals surface area (Å²) in [5.74, 6) is 2.21. The molecule has 0 N–H and O–H groups in total. The Kier molecular flexibility index (Phi) is 8.21. The van der Waals surface area contributed by atoms with Gasteiger partial charge in [-0.15, -0.1) is 0 Å². The van der Waals surface area contributed by atoms with Crippen LogP contribution in [0.4, 0.5) is 0 Å². The zero-order valence-corrected chi connectivity index (χ0v) is 10.6. The molecule has 0 aliphatic rings. The van der Waals surface area contributed by atoms with E-state index in [1.807, 2.05) is 18.8 Å². The van der Waals surface area contributed by atoms with Gasteiger partial charge in [0.05, 0.1) is 6.07 Å². The highest BCUT2D eigenvalue weighted by Crippen LogP contribution is 2.09. The van der Waals surface area contributed by atoms with E-state index in [2.05, 4.69) is 19.9 Å². The summed E-state index contributed by atoms with van der Waals surface area (Å²) < 4.78 is 0. The normalized spacial score (nSPS) is 11.9. The first-order valence-corrected chi connectivity index (χ1v) is 6.49. The van der Waals surface area contributed by atoms with Crippen molar-refractivity contribution in [1.29, 1.82) is 5.26 Å². The largest absolute Gasteiger partial charge is 0.342 e. The Balaban J connectivity index is 3.81. The third-order valence-corrected chi connectivity index (χ3v) is 3.42. The van der Waals surface area contributed by atoms with E-state index >= 15 is 0 Å². The second-order valence-electron chi connectivity index (χ2n) is 3.52. The molecule has 4 heteroatoms. The van der Waals surface area contributed by atoms with Gasteiger partial charge in [-0.05, 0) is 19.1 Å². The van der Waals surface area contributed by atoms with Gasteiger partial charge >= 0.3 is 0 Å². The Hall–Kier alpha value is -0.690. The predicted molar refractivity (Wildman–Crippen MR) is 64.7 cm³/mol. The first kappa shape index (κ1) is 14.3. The number of rotatable bonds is 7. The number of hydrogen-bond acceptors (Lipinski definition) is 3. The Morgan fingerprint density at radius 1 is 1.60 bits per heavy atom. The van der Waals surface area contributed by atoms with Crippen molar-refractivity contribution in [3.63, 3.8) is 0 Å². The van der Waals surface area contributed by atoms with Crippen LogP contribution >= 0.6 is 11.8 Å². The number of thioether (sulfide) groups is 1. The minimum Gasteiger partial charge on any atom is -0.342 e. The third kappa shape index (κ3) is 6.40. The maximum atomic E-state index is 11.6. The summed E-state index contributed by atoms with van der Waals surface area (Å²) >= 11 is 1.84. The zero-order chi connectivity index (χ0) is 11.7. The second kappa shape index (κ2) is 8.60. The van der Waals surface area contributed by atoms with Crippen molar-refractivity contribution in [2.24, 2.45) is 0 Å². The number of amides is 1. The molecule has 1 amide bonds. The molecule has 0 heterocycles. The fourth-order valence-corrected chi connectivity index (χ4v) is 1.94. The molecule has 0 saturated carbocycles. The van der Waals surface area contributed by atoms with Gasteiger partial charge in [-0.2, -0.15) is 17.0 Å². The molecule has 1 atom stereocenters. The second-order valence-corrected chi connectivity index (χ2v) is 4.84. The first-order valence-electron chi connectivity index (χ1n) is 5.33. The standard InChI is InChI=1S/C11H20N2OS/c1-4-15-9-10(2)13(3)11(14)7-5-6-8-12/h10H,4-7,9H2,1-3H3/t10-/m1/s1. The number of carbonyl (C=O) groups is 1. The molecule has 0 aromatic heterocycles. The van der Waals surface area contributed by atoms with Gasteiger partial charge < -0.3 is 4.90 Å². The summed E-state index contributed by atoms with van der Waals surface area (Å²) in [6, 6.07) is 2.33. The molecule has 0 aromatic rings. The zero-order valence-electron chi connectivity index (χ0n) is 9.82. The van der Waals surface area contributed by atoms with Crippen LogP contribution < -0.4 is 0 Å². The van der Waals surface area contributed by atoms with Crippen molar-refractivity contribution in [3.8, 4) is 6.07 Å². The molecule has 0 rings (SSSR count). The van der Waals surface area contributed by atoms with Crippen LogP contribution in [0.2, 0.25) is 0 Å². The smallest absolute Gasteiger partial charge is 0.222 e. The number of hydrogen-bond donors (Lipinski definition) is 0. The Morgan fingerprint density at radius 2 is 2.27 bits per heavy atom. The molecular formula is C11H20N2OS. The van der Waals surface area contributed by atoms with Gasteiger partial charge in [-0.3, -0.25) is 4.79 Å². The van der Waals surface area contributed by atoms with E-state index in [0.717, 1.165) is 11.5 Å². The van der Waals surface area contributed by atoms with Crippen molar-refractivity contribution in [3.05, 3.63) is 0 Å². The van der Waals surface area contributed by atoms with Gasteiger partial charge in [-0.25, -0.2) is 0 Å². The first-order chi connectivity index (χ1) is 7.13. The highest BCUT2D eigenvalue weighted by Gasteiger charge is 2.14. The van der Waals surface area contributed by atoms with E-state index in [1.54, 1.807) is 4.90 Å². The van der Waals surface area contributed by atoms with E-state index in [-0.39, 0.29) is 11.9 Å². The van der Waals surface area contributed by atoms with E-state index in [1.165, 1.54) is 0 Å². The molecule has 0 aliphatic heterocycles. The molecule has 3 nitrogen and oxygen atoms in total. The average Bonchev–Trinajstić information content (AvgIpc) is 2.24. The topological polar surface area (TPSA) is 44.1 Å². The summed E-state index contributed by atoms with van der Waals surface area (Å²) in [6.45, 7) is 4.18. The minimum absolute atomic E-state index is 0.148. The van der Waals surface area contributed by atoms with Crippen molar-refractivity contribution in [1.82, 2.24) is 4.90 Å². The van der Waals surface area contributed by atoms with Crippen molar-refractivity contribution >= 4 is 17.7 Å². The van der Waals surface area contributed by atoms with Crippen LogP contribution in [-0.4, -0.2) is 35.4 Å². The van der Waals surface area contributed by atoms with Crippen molar-refractivity contribution in [2.45, 2.75) is 39.2 Å². The molecule has 0 bridgehead atoms. The lowest BCUT2D eigenvalue weighted by atomic mass is 10.2. The summed E-state index contributed by atoms with van der Waals surface area (Å²) in [4.78, 5) is 13.4. The SMILES string of the molecule is CCSC[C@@H](C)N(C)C(=O)CCCC#N. The molecule has 0 spiro atoms. The van der Waals surface area contributed by atoms with E-state index < -0.39 is 0 Å². The van der Waals surface area contributed by atoms with Crippen molar-refractivity contribution < 1.29 is 4.79 Å². The quantitative estimate of drug-likeness (QED) is 0.628. The molecule has 0 unspecified atom stereocenters. The number of nitrogens with zero attached hydrogens (tertiary/aromatic N) is 2. The van der Waals surface area contributed by atoms with Gasteiger partial charge in [-0.1, -0.05) is 6.92 Å². The van der Waals surface area contributed by atoms with Crippen molar-refractivity contribution in [2.75, 3.05) is 18.6 Å². The van der Waals surface area contributed by atoms with Gasteiger partial charge in [0.25, 0.3) is 0 Å². The number of unbranched alkanes of at least 4 members (excludes halogenated alkanes) is 1. The van der Waals surface area contributed by atoms with Crippen LogP contribution in [0.3, 0.4) is 0 Å². The fourth-order valence-electron chi connectivity index (χ4n) is 1.14. The monoisotopic (exact) mass is 228 g/mol. The van der Waals surface area contributed by atoms with Crippen LogP contribution in [0.25, 0.3) is 0 Å². The van der Waals surface area contributed by atoms with Gasteiger partial charge in [0, 0.05) is 31.7 Å². The molecule has 0 saturated heterocycles. The van der Waals surface area contributed by atoms with Gasteiger partial charge in [0.1, 0.15) is 0 Å². The van der Waals surface area contributed by atoms with E-state index in [0.29, 0.717) is 19.3 Å². The summed E-state index contributed by atoms with van der Waals surface area (Å²) in [7, 11) is 1.84. The molecule has 0 aliphatic carbocycles. The third-order valence-electron chi connectivity index (χ3n) is 2.30. The Labute approximate surface area is 96.8 Å². The van der Waals surface area contributed by atoms with Gasteiger partial charge in [0.15, 0.2) is 0 Å². The lowest BCUT2D eigenvalue weighted by molar-refractivity contribution is -0.131. The Bertz CT molecular complexity index is 225. The summed E-state index contributed by atoms with van der Waals surface area (Å²) in [5, 5.41) is 8.36. The molecule has 0 fully saturated rings. The molecular weight excluding hydrogens is 208 g/mol. The van der Waals surface area contributed by atoms with E-state index in [9.17, 15) is 4.79 Å². The predicted octanol–water partition coefficient (Wildman–Crippen LogP) is 2.28. The summed E-state index contributed by atoms with van der Waals surface area (Å²) in [5.41, 5.74) is 0. The highest BCUT2D eigenvalue weighted by atomic mass is 32.2. The van der Waals surface area contributed by atoms with Crippen LogP contribution in [0, 0.1) is 11.3 Å². The van der Waals surface area contributed by atoms with Gasteiger partial charge in [0.2, 0.25) is 5.91 Å². The maximum absolute atomic E-state index is 11.6. The number of nitriles is 1. The fraction of sp³-hybridized carbons (Fsp3) is 0.818. The van der Waals surface area contributed by atoms with Crippen LogP contribution in [0.15, 0.2) is 0 Å². The molecule has 86 valence electrons. The van der Waals surface area contributed by atoms with Crippen LogP contribution in [-0.2, 0) is 4.79 Å². The van der Waals surface area contributed by atoms with Crippen LogP contribution in [0.1, 0.15) is 33.1 Å². The van der Waals surface area contributed by atoms with E-state index in [4.69, 9.17) is 5.26 Å². The maximum Gasteiger partial charge on any atom is 0.222 e. The Morgan fingerprint density at radius 3 is 2.80 bits per heavy atom. The highest BCUT2D eigenvalue weighted by molar-refractivity contribution is 7.99. The molecule has 0 aromatic carbocycles. The minimum atomic E-state index is 0.148. The summed E-state index contributed by atoms with van der Waals surface area (Å²) in [6.07, 6.45) is 1.64. The molecule has 0 radical (unpaired) electrons. The molecule has 15 heavy (non-hydrogen) atoms. The lowest BCUT2D eigenvalue weighted by Gasteiger charge is -2.24.